The van der Waals surface area contributed by atoms with Gasteiger partial charge in [0.2, 0.25) is 0 Å². The third-order valence-electron chi connectivity index (χ3n) is 4.17. The highest BCUT2D eigenvalue weighted by Crippen LogP contribution is 2.30. The van der Waals surface area contributed by atoms with Crippen LogP contribution in [-0.4, -0.2) is 29.0 Å². The van der Waals surface area contributed by atoms with E-state index in [9.17, 15) is 9.18 Å². The topological polar surface area (TPSA) is 25.2 Å². The Hall–Kier alpha value is -1.84. The number of benzene rings is 1. The average Bonchev–Trinajstić information content (AvgIpc) is 2.73. The van der Waals surface area contributed by atoms with E-state index < -0.39 is 0 Å². The third-order valence-corrected chi connectivity index (χ3v) is 4.17. The van der Waals surface area contributed by atoms with Gasteiger partial charge in [-0.15, -0.1) is 0 Å². The predicted octanol–water partition coefficient (Wildman–Crippen LogP) is 3.21. The van der Waals surface area contributed by atoms with Gasteiger partial charge in [-0.05, 0) is 49.9 Å². The van der Waals surface area contributed by atoms with E-state index in [2.05, 4.69) is 0 Å². The Balaban J connectivity index is 2.33. The minimum Gasteiger partial charge on any atom is -0.340 e. The van der Waals surface area contributed by atoms with Crippen LogP contribution < -0.4 is 0 Å². The van der Waals surface area contributed by atoms with Crippen LogP contribution in [0.2, 0.25) is 0 Å². The number of aromatic nitrogens is 1. The lowest BCUT2D eigenvalue weighted by molar-refractivity contribution is 0.0777. The van der Waals surface area contributed by atoms with Gasteiger partial charge in [-0.3, -0.25) is 4.79 Å². The van der Waals surface area contributed by atoms with Crippen molar-refractivity contribution < 1.29 is 9.18 Å². The first-order valence-corrected chi connectivity index (χ1v) is 7.19. The second-order valence-electron chi connectivity index (χ2n) is 5.42. The molecule has 0 bridgehead atoms. The Bertz CT molecular complexity index is 675. The van der Waals surface area contributed by atoms with Crippen LogP contribution in [-0.2, 0) is 13.0 Å². The zero-order valence-corrected chi connectivity index (χ0v) is 11.9. The summed E-state index contributed by atoms with van der Waals surface area (Å²) in [5.41, 5.74) is 2.72. The van der Waals surface area contributed by atoms with Crippen molar-refractivity contribution in [3.63, 3.8) is 0 Å². The maximum atomic E-state index is 13.6. The maximum absolute atomic E-state index is 13.6. The second-order valence-corrected chi connectivity index (χ2v) is 5.42. The van der Waals surface area contributed by atoms with Crippen LogP contribution in [0, 0.1) is 5.82 Å². The summed E-state index contributed by atoms with van der Waals surface area (Å²) >= 11 is 0. The van der Waals surface area contributed by atoms with Crippen molar-refractivity contribution in [1.82, 2.24) is 9.47 Å². The van der Waals surface area contributed by atoms with E-state index in [0.717, 1.165) is 54.5 Å². The lowest BCUT2D eigenvalue weighted by atomic mass is 10.0. The minimum atomic E-state index is -0.239. The molecule has 0 radical (unpaired) electrons. The number of amides is 1. The fourth-order valence-electron chi connectivity index (χ4n) is 3.16. The molecule has 0 spiro atoms. The van der Waals surface area contributed by atoms with Crippen molar-refractivity contribution in [1.29, 1.82) is 0 Å². The van der Waals surface area contributed by atoms with Crippen LogP contribution in [0.3, 0.4) is 0 Å². The Morgan fingerprint density at radius 1 is 1.30 bits per heavy atom. The number of carbonyl (C=O) groups excluding carboxylic acids is 1. The summed E-state index contributed by atoms with van der Waals surface area (Å²) in [5, 5.41) is 0.894. The Labute approximate surface area is 118 Å². The van der Waals surface area contributed by atoms with Gasteiger partial charge in [-0.25, -0.2) is 4.39 Å². The third kappa shape index (κ3) is 1.90. The highest BCUT2D eigenvalue weighted by Gasteiger charge is 2.25. The van der Waals surface area contributed by atoms with Crippen LogP contribution in [0.5, 0.6) is 0 Å². The zero-order valence-electron chi connectivity index (χ0n) is 11.9. The van der Waals surface area contributed by atoms with Gasteiger partial charge in [-0.2, -0.15) is 0 Å². The van der Waals surface area contributed by atoms with E-state index in [-0.39, 0.29) is 11.7 Å². The molecule has 1 aromatic heterocycles. The summed E-state index contributed by atoms with van der Waals surface area (Å²) in [5.74, 6) is -0.186. The molecule has 20 heavy (non-hydrogen) atoms. The average molecular weight is 274 g/mol. The molecule has 0 N–H and O–H groups in total. The van der Waals surface area contributed by atoms with E-state index >= 15 is 0 Å². The van der Waals surface area contributed by atoms with Gasteiger partial charge in [0.05, 0.1) is 0 Å². The number of halogens is 1. The quantitative estimate of drug-likeness (QED) is 0.784. The van der Waals surface area contributed by atoms with E-state index in [1.807, 2.05) is 18.5 Å². The second kappa shape index (κ2) is 4.93. The molecule has 3 nitrogen and oxygen atoms in total. The molecule has 0 fully saturated rings. The summed E-state index contributed by atoms with van der Waals surface area (Å²) in [6, 6.07) is 4.82. The highest BCUT2D eigenvalue weighted by molar-refractivity contribution is 6.01. The molecular formula is C16H19FN2O. The van der Waals surface area contributed by atoms with E-state index in [0.29, 0.717) is 0 Å². The van der Waals surface area contributed by atoms with Gasteiger partial charge in [0.1, 0.15) is 11.5 Å². The first kappa shape index (κ1) is 13.2. The summed E-state index contributed by atoms with van der Waals surface area (Å²) in [6.07, 6.45) is 2.88. The number of rotatable bonds is 1. The molecule has 1 aliphatic heterocycles. The van der Waals surface area contributed by atoms with Crippen LogP contribution in [0.25, 0.3) is 10.9 Å². The monoisotopic (exact) mass is 274 g/mol. The Morgan fingerprint density at radius 3 is 2.85 bits per heavy atom. The lowest BCUT2D eigenvalue weighted by Gasteiger charge is -2.21. The Morgan fingerprint density at radius 2 is 2.10 bits per heavy atom. The van der Waals surface area contributed by atoms with Gasteiger partial charge in [0.25, 0.3) is 5.91 Å². The van der Waals surface area contributed by atoms with Crippen molar-refractivity contribution in [3.05, 3.63) is 35.3 Å². The molecule has 1 aromatic carbocycles. The van der Waals surface area contributed by atoms with Gasteiger partial charge in [-0.1, -0.05) is 0 Å². The SMILES string of the molecule is CCn1c2c(c3cc(F)ccc31)CCCCN(C)C2=O. The first-order valence-electron chi connectivity index (χ1n) is 7.19. The standard InChI is InChI=1S/C16H19FN2O/c1-3-19-14-8-7-11(17)10-13(14)12-6-4-5-9-18(2)16(20)15(12)19/h7-8,10H,3-6,9H2,1-2H3. The predicted molar refractivity (Wildman–Crippen MR) is 77.5 cm³/mol. The zero-order chi connectivity index (χ0) is 14.3. The summed E-state index contributed by atoms with van der Waals surface area (Å²) in [4.78, 5) is 14.4. The minimum absolute atomic E-state index is 0.0539. The maximum Gasteiger partial charge on any atom is 0.270 e. The molecule has 1 amide bonds. The fraction of sp³-hybridized carbons (Fsp3) is 0.438. The number of aryl methyl sites for hydroxylation is 2. The van der Waals surface area contributed by atoms with Crippen LogP contribution in [0.15, 0.2) is 18.2 Å². The van der Waals surface area contributed by atoms with Crippen molar-refractivity contribution >= 4 is 16.8 Å². The largest absolute Gasteiger partial charge is 0.340 e. The van der Waals surface area contributed by atoms with Gasteiger partial charge < -0.3 is 9.47 Å². The van der Waals surface area contributed by atoms with Gasteiger partial charge >= 0.3 is 0 Å². The molecule has 2 heterocycles. The molecule has 1 aliphatic rings. The van der Waals surface area contributed by atoms with Crippen LogP contribution in [0.4, 0.5) is 4.39 Å². The number of fused-ring (bicyclic) bond motifs is 3. The number of carbonyl (C=O) groups is 1. The van der Waals surface area contributed by atoms with Crippen molar-refractivity contribution in [2.24, 2.45) is 0 Å². The number of hydrogen-bond acceptors (Lipinski definition) is 1. The van der Waals surface area contributed by atoms with Crippen molar-refractivity contribution in [2.75, 3.05) is 13.6 Å². The normalized spacial score (nSPS) is 16.1. The molecule has 0 saturated heterocycles. The molecule has 3 rings (SSSR count). The van der Waals surface area contributed by atoms with E-state index in [4.69, 9.17) is 0 Å². The number of hydrogen-bond donors (Lipinski definition) is 0. The first-order chi connectivity index (χ1) is 9.63. The van der Waals surface area contributed by atoms with E-state index in [1.165, 1.54) is 6.07 Å². The smallest absolute Gasteiger partial charge is 0.270 e. The molecule has 0 saturated carbocycles. The molecule has 106 valence electrons. The molecule has 0 aliphatic carbocycles. The molecular weight excluding hydrogens is 255 g/mol. The van der Waals surface area contributed by atoms with Crippen molar-refractivity contribution in [2.45, 2.75) is 32.7 Å². The number of nitrogens with zero attached hydrogens (tertiary/aromatic N) is 2. The molecule has 4 heteroatoms. The van der Waals surface area contributed by atoms with Crippen LogP contribution in [0.1, 0.15) is 35.8 Å². The van der Waals surface area contributed by atoms with Crippen LogP contribution >= 0.6 is 0 Å². The molecule has 0 atom stereocenters. The van der Waals surface area contributed by atoms with Gasteiger partial charge in [0, 0.05) is 31.0 Å². The van der Waals surface area contributed by atoms with Crippen molar-refractivity contribution in [3.8, 4) is 0 Å². The fourth-order valence-corrected chi connectivity index (χ4v) is 3.16. The van der Waals surface area contributed by atoms with Gasteiger partial charge in [0.15, 0.2) is 0 Å². The Kier molecular flexibility index (Phi) is 3.24. The molecule has 0 unspecified atom stereocenters. The summed E-state index contributed by atoms with van der Waals surface area (Å²) < 4.78 is 15.6. The van der Waals surface area contributed by atoms with E-state index in [1.54, 1.807) is 17.0 Å². The lowest BCUT2D eigenvalue weighted by Crippen LogP contribution is -2.31. The highest BCUT2D eigenvalue weighted by atomic mass is 19.1. The molecule has 2 aromatic rings. The summed E-state index contributed by atoms with van der Waals surface area (Å²) in [7, 11) is 1.84. The summed E-state index contributed by atoms with van der Waals surface area (Å²) in [6.45, 7) is 3.53.